The molecule has 62 valence electrons. The van der Waals surface area contributed by atoms with E-state index in [0.717, 1.165) is 0 Å². The molecule has 4 heteroatoms. The maximum absolute atomic E-state index is 9.38. The monoisotopic (exact) mass is 155 g/mol. The first kappa shape index (κ1) is 8.23. The van der Waals surface area contributed by atoms with Crippen LogP contribution in [0.5, 0.6) is 0 Å². The number of nitrogens with two attached hydrogens (primary N) is 1. The van der Waals surface area contributed by atoms with Crippen molar-refractivity contribution < 1.29 is 5.11 Å². The van der Waals surface area contributed by atoms with E-state index in [1.165, 1.54) is 0 Å². The fourth-order valence-corrected chi connectivity index (χ4v) is 0.917. The van der Waals surface area contributed by atoms with Crippen LogP contribution in [-0.2, 0) is 7.05 Å². The van der Waals surface area contributed by atoms with Gasteiger partial charge >= 0.3 is 0 Å². The lowest BCUT2D eigenvalue weighted by molar-refractivity contribution is 0.165. The van der Waals surface area contributed by atoms with E-state index in [9.17, 15) is 5.11 Å². The summed E-state index contributed by atoms with van der Waals surface area (Å²) in [5.74, 6) is 0. The summed E-state index contributed by atoms with van der Waals surface area (Å²) in [7, 11) is 1.82. The Kier molecular flexibility index (Phi) is 2.62. The smallest absolute Gasteiger partial charge is 0.0990 e. The van der Waals surface area contributed by atoms with E-state index in [2.05, 4.69) is 5.10 Å². The van der Waals surface area contributed by atoms with Crippen molar-refractivity contribution in [2.45, 2.75) is 12.5 Å². The van der Waals surface area contributed by atoms with Crippen LogP contribution in [0.2, 0.25) is 0 Å². The van der Waals surface area contributed by atoms with Gasteiger partial charge in [0, 0.05) is 13.2 Å². The van der Waals surface area contributed by atoms with E-state index in [4.69, 9.17) is 5.73 Å². The molecule has 1 aromatic rings. The minimum Gasteiger partial charge on any atom is -0.387 e. The first-order chi connectivity index (χ1) is 5.24. The van der Waals surface area contributed by atoms with Gasteiger partial charge in [-0.05, 0) is 19.0 Å². The number of hydrogen-bond acceptors (Lipinski definition) is 3. The van der Waals surface area contributed by atoms with E-state index in [1.807, 2.05) is 7.05 Å². The average Bonchev–Trinajstić information content (AvgIpc) is 2.36. The number of hydrogen-bond donors (Lipinski definition) is 2. The van der Waals surface area contributed by atoms with Crippen LogP contribution in [0, 0.1) is 0 Å². The highest BCUT2D eigenvalue weighted by molar-refractivity contribution is 5.02. The summed E-state index contributed by atoms with van der Waals surface area (Å²) in [4.78, 5) is 0. The number of nitrogens with zero attached hydrogens (tertiary/aromatic N) is 2. The van der Waals surface area contributed by atoms with Gasteiger partial charge in [-0.25, -0.2) is 0 Å². The maximum atomic E-state index is 9.38. The van der Waals surface area contributed by atoms with Gasteiger partial charge in [0.15, 0.2) is 0 Å². The summed E-state index contributed by atoms with van der Waals surface area (Å²) >= 11 is 0. The highest BCUT2D eigenvalue weighted by atomic mass is 16.3. The highest BCUT2D eigenvalue weighted by Gasteiger charge is 2.07. The molecule has 4 nitrogen and oxygen atoms in total. The number of aliphatic hydroxyl groups is 1. The third-order valence-electron chi connectivity index (χ3n) is 1.52. The number of aryl methyl sites for hydroxylation is 1. The lowest BCUT2D eigenvalue weighted by atomic mass is 10.2. The molecule has 3 N–H and O–H groups in total. The Labute approximate surface area is 65.6 Å². The topological polar surface area (TPSA) is 64.1 Å². The van der Waals surface area contributed by atoms with Crippen LogP contribution in [0.4, 0.5) is 0 Å². The minimum absolute atomic E-state index is 0.484. The van der Waals surface area contributed by atoms with Crippen molar-refractivity contribution in [3.05, 3.63) is 18.0 Å². The van der Waals surface area contributed by atoms with Gasteiger partial charge in [-0.2, -0.15) is 5.10 Å². The summed E-state index contributed by atoms with van der Waals surface area (Å²) in [5, 5.41) is 13.4. The number of aromatic nitrogens is 2. The Balaban J connectivity index is 2.60. The van der Waals surface area contributed by atoms with Gasteiger partial charge in [-0.15, -0.1) is 0 Å². The van der Waals surface area contributed by atoms with Crippen molar-refractivity contribution in [3.63, 3.8) is 0 Å². The van der Waals surface area contributed by atoms with Crippen LogP contribution in [0.1, 0.15) is 18.2 Å². The zero-order chi connectivity index (χ0) is 8.27. The molecule has 0 fully saturated rings. The SMILES string of the molecule is Cn1ccc([C@H](O)CCN)n1. The third kappa shape index (κ3) is 2.03. The van der Waals surface area contributed by atoms with Crippen molar-refractivity contribution in [1.29, 1.82) is 0 Å². The second-order valence-corrected chi connectivity index (χ2v) is 2.51. The molecular formula is C7H13N3O. The molecule has 0 unspecified atom stereocenters. The maximum Gasteiger partial charge on any atom is 0.0990 e. The molecule has 0 radical (unpaired) electrons. The van der Waals surface area contributed by atoms with Crippen LogP contribution >= 0.6 is 0 Å². The molecule has 0 aromatic carbocycles. The van der Waals surface area contributed by atoms with Crippen LogP contribution < -0.4 is 5.73 Å². The van der Waals surface area contributed by atoms with E-state index < -0.39 is 6.10 Å². The Morgan fingerprint density at radius 2 is 2.55 bits per heavy atom. The van der Waals surface area contributed by atoms with Crippen molar-refractivity contribution in [3.8, 4) is 0 Å². The van der Waals surface area contributed by atoms with Gasteiger partial charge in [0.05, 0.1) is 11.8 Å². The molecule has 0 aliphatic rings. The predicted molar refractivity (Wildman–Crippen MR) is 41.8 cm³/mol. The van der Waals surface area contributed by atoms with E-state index in [1.54, 1.807) is 16.9 Å². The number of rotatable bonds is 3. The van der Waals surface area contributed by atoms with Crippen molar-refractivity contribution in [2.24, 2.45) is 12.8 Å². The van der Waals surface area contributed by atoms with Gasteiger partial charge in [0.25, 0.3) is 0 Å². The molecule has 1 rings (SSSR count). The molecule has 0 saturated carbocycles. The first-order valence-electron chi connectivity index (χ1n) is 3.61. The summed E-state index contributed by atoms with van der Waals surface area (Å²) < 4.78 is 1.66. The van der Waals surface area contributed by atoms with Gasteiger partial charge in [0.1, 0.15) is 0 Å². The fraction of sp³-hybridized carbons (Fsp3) is 0.571. The molecule has 0 aliphatic carbocycles. The van der Waals surface area contributed by atoms with E-state index >= 15 is 0 Å². The van der Waals surface area contributed by atoms with Crippen LogP contribution in [0.25, 0.3) is 0 Å². The normalized spacial score (nSPS) is 13.4. The second kappa shape index (κ2) is 3.50. The van der Waals surface area contributed by atoms with Gasteiger partial charge in [0.2, 0.25) is 0 Å². The summed E-state index contributed by atoms with van der Waals surface area (Å²) in [6, 6.07) is 1.79. The molecule has 1 heterocycles. The molecule has 0 saturated heterocycles. The van der Waals surface area contributed by atoms with Crippen molar-refractivity contribution >= 4 is 0 Å². The van der Waals surface area contributed by atoms with E-state index in [-0.39, 0.29) is 0 Å². The zero-order valence-electron chi connectivity index (χ0n) is 6.57. The number of aliphatic hydroxyl groups excluding tert-OH is 1. The first-order valence-corrected chi connectivity index (χ1v) is 3.61. The average molecular weight is 155 g/mol. The van der Waals surface area contributed by atoms with Gasteiger partial charge in [-0.3, -0.25) is 4.68 Å². The summed E-state index contributed by atoms with van der Waals surface area (Å²) in [6.07, 6.45) is 1.85. The molecule has 0 spiro atoms. The fourth-order valence-electron chi connectivity index (χ4n) is 0.917. The molecule has 0 amide bonds. The molecule has 1 aromatic heterocycles. The highest BCUT2D eigenvalue weighted by Crippen LogP contribution is 2.11. The Morgan fingerprint density at radius 3 is 3.00 bits per heavy atom. The van der Waals surface area contributed by atoms with E-state index in [0.29, 0.717) is 18.7 Å². The van der Waals surface area contributed by atoms with Gasteiger partial charge in [-0.1, -0.05) is 0 Å². The summed E-state index contributed by atoms with van der Waals surface area (Å²) in [6.45, 7) is 0.484. The quantitative estimate of drug-likeness (QED) is 0.635. The Hall–Kier alpha value is -0.870. The predicted octanol–water partition coefficient (Wildman–Crippen LogP) is -0.198. The van der Waals surface area contributed by atoms with Crippen LogP contribution in [0.15, 0.2) is 12.3 Å². The second-order valence-electron chi connectivity index (χ2n) is 2.51. The van der Waals surface area contributed by atoms with Crippen molar-refractivity contribution in [1.82, 2.24) is 9.78 Å². The summed E-state index contributed by atoms with van der Waals surface area (Å²) in [5.41, 5.74) is 5.97. The lowest BCUT2D eigenvalue weighted by Crippen LogP contribution is -2.07. The van der Waals surface area contributed by atoms with Crippen LogP contribution in [0.3, 0.4) is 0 Å². The molecule has 0 bridgehead atoms. The lowest BCUT2D eigenvalue weighted by Gasteiger charge is -2.03. The third-order valence-corrected chi connectivity index (χ3v) is 1.52. The van der Waals surface area contributed by atoms with Gasteiger partial charge < -0.3 is 10.8 Å². The van der Waals surface area contributed by atoms with Crippen LogP contribution in [-0.4, -0.2) is 21.4 Å². The molecule has 0 aliphatic heterocycles. The molecule has 1 atom stereocenters. The molecule has 11 heavy (non-hydrogen) atoms. The Morgan fingerprint density at radius 1 is 1.82 bits per heavy atom. The van der Waals surface area contributed by atoms with Crippen molar-refractivity contribution in [2.75, 3.05) is 6.54 Å². The zero-order valence-corrected chi connectivity index (χ0v) is 6.57. The standard InChI is InChI=1S/C7H13N3O/c1-10-5-3-6(9-10)7(11)2-4-8/h3,5,7,11H,2,4,8H2,1H3/t7-/m1/s1. The Bertz CT molecular complexity index is 221. The largest absolute Gasteiger partial charge is 0.387 e. The molecular weight excluding hydrogens is 142 g/mol. The minimum atomic E-state index is -0.513.